The summed E-state index contributed by atoms with van der Waals surface area (Å²) in [6.45, 7) is 7.50. The summed E-state index contributed by atoms with van der Waals surface area (Å²) in [6.07, 6.45) is 0. The first-order valence-corrected chi connectivity index (χ1v) is 7.24. The molecule has 2 aromatic rings. The average Bonchev–Trinajstić information content (AvgIpc) is 2.76. The third kappa shape index (κ3) is 4.08. The maximum absolute atomic E-state index is 13.8. The van der Waals surface area contributed by atoms with Crippen molar-refractivity contribution in [3.8, 4) is 0 Å². The number of para-hydroxylation sites is 1. The zero-order valence-corrected chi connectivity index (χ0v) is 13.1. The minimum absolute atomic E-state index is 0.218. The second kappa shape index (κ2) is 6.76. The smallest absolute Gasteiger partial charge is 0.146 e. The molecule has 4 heteroatoms. The molecule has 2 rings (SSSR count). The Labute approximate surface area is 125 Å². The highest BCUT2D eigenvalue weighted by Crippen LogP contribution is 2.21. The first-order valence-electron chi connectivity index (χ1n) is 7.24. The van der Waals surface area contributed by atoms with Gasteiger partial charge in [-0.25, -0.2) is 4.39 Å². The van der Waals surface area contributed by atoms with Crippen LogP contribution in [0.5, 0.6) is 0 Å². The van der Waals surface area contributed by atoms with Gasteiger partial charge in [0.25, 0.3) is 0 Å². The molecule has 1 aromatic carbocycles. The van der Waals surface area contributed by atoms with Crippen LogP contribution in [0.15, 0.2) is 34.7 Å². The predicted octanol–water partition coefficient (Wildman–Crippen LogP) is 3.86. The van der Waals surface area contributed by atoms with Gasteiger partial charge in [-0.3, -0.25) is 0 Å². The molecule has 0 amide bonds. The van der Waals surface area contributed by atoms with Crippen LogP contribution in [0.2, 0.25) is 0 Å². The van der Waals surface area contributed by atoms with Gasteiger partial charge in [0.2, 0.25) is 0 Å². The Morgan fingerprint density at radius 1 is 1.29 bits per heavy atom. The van der Waals surface area contributed by atoms with Crippen molar-refractivity contribution in [1.82, 2.24) is 5.32 Å². The molecule has 1 heterocycles. The molecular formula is C17H23FN2O. The van der Waals surface area contributed by atoms with E-state index in [2.05, 4.69) is 19.2 Å². The number of hydrogen-bond donors (Lipinski definition) is 1. The highest BCUT2D eigenvalue weighted by atomic mass is 19.1. The molecule has 0 saturated carbocycles. The third-order valence-corrected chi connectivity index (χ3v) is 3.40. The number of anilines is 1. The fraction of sp³-hybridized carbons (Fsp3) is 0.412. The van der Waals surface area contributed by atoms with E-state index < -0.39 is 0 Å². The van der Waals surface area contributed by atoms with Gasteiger partial charge in [0.1, 0.15) is 17.3 Å². The number of nitrogens with one attached hydrogen (secondary N) is 1. The van der Waals surface area contributed by atoms with E-state index in [1.165, 1.54) is 6.07 Å². The Kier molecular flexibility index (Phi) is 5.02. The summed E-state index contributed by atoms with van der Waals surface area (Å²) in [5.41, 5.74) is 1.70. The van der Waals surface area contributed by atoms with E-state index in [1.54, 1.807) is 12.1 Å². The summed E-state index contributed by atoms with van der Waals surface area (Å²) in [7, 11) is 1.86. The fourth-order valence-corrected chi connectivity index (χ4v) is 2.22. The van der Waals surface area contributed by atoms with Gasteiger partial charge in [-0.15, -0.1) is 0 Å². The summed E-state index contributed by atoms with van der Waals surface area (Å²) in [5.74, 6) is 1.57. The van der Waals surface area contributed by atoms with Crippen molar-refractivity contribution in [1.29, 1.82) is 0 Å². The van der Waals surface area contributed by atoms with Crippen LogP contribution in [-0.2, 0) is 13.1 Å². The van der Waals surface area contributed by atoms with Crippen LogP contribution in [0.4, 0.5) is 10.1 Å². The van der Waals surface area contributed by atoms with E-state index in [0.29, 0.717) is 24.8 Å². The lowest BCUT2D eigenvalue weighted by Gasteiger charge is -2.18. The molecule has 0 unspecified atom stereocenters. The molecule has 0 radical (unpaired) electrons. The zero-order chi connectivity index (χ0) is 15.4. The molecule has 1 aromatic heterocycles. The average molecular weight is 290 g/mol. The molecule has 114 valence electrons. The fourth-order valence-electron chi connectivity index (χ4n) is 2.22. The lowest BCUT2D eigenvalue weighted by atomic mass is 10.2. The Bertz CT molecular complexity index is 592. The summed E-state index contributed by atoms with van der Waals surface area (Å²) in [6, 6.07) is 9.21. The van der Waals surface area contributed by atoms with E-state index in [1.807, 2.05) is 31.0 Å². The van der Waals surface area contributed by atoms with Gasteiger partial charge in [0.15, 0.2) is 0 Å². The van der Waals surface area contributed by atoms with Crippen LogP contribution in [-0.4, -0.2) is 13.1 Å². The maximum Gasteiger partial charge on any atom is 0.146 e. The highest BCUT2D eigenvalue weighted by molar-refractivity contribution is 5.47. The van der Waals surface area contributed by atoms with Crippen LogP contribution in [0.3, 0.4) is 0 Å². The van der Waals surface area contributed by atoms with Crippen molar-refractivity contribution < 1.29 is 8.81 Å². The Hall–Kier alpha value is -1.81. The first-order chi connectivity index (χ1) is 9.97. The van der Waals surface area contributed by atoms with Crippen molar-refractivity contribution >= 4 is 5.69 Å². The topological polar surface area (TPSA) is 28.4 Å². The molecule has 0 atom stereocenters. The van der Waals surface area contributed by atoms with Crippen molar-refractivity contribution in [3.05, 3.63) is 53.2 Å². The first kappa shape index (κ1) is 15.6. The largest absolute Gasteiger partial charge is 0.463 e. The van der Waals surface area contributed by atoms with Gasteiger partial charge in [-0.2, -0.15) is 0 Å². The minimum Gasteiger partial charge on any atom is -0.463 e. The van der Waals surface area contributed by atoms with Crippen molar-refractivity contribution in [2.24, 2.45) is 0 Å². The molecule has 0 bridgehead atoms. The highest BCUT2D eigenvalue weighted by Gasteiger charge is 2.12. The van der Waals surface area contributed by atoms with Gasteiger partial charge < -0.3 is 14.6 Å². The monoisotopic (exact) mass is 290 g/mol. The van der Waals surface area contributed by atoms with Gasteiger partial charge in [-0.05, 0) is 30.7 Å². The van der Waals surface area contributed by atoms with E-state index in [-0.39, 0.29) is 5.82 Å². The maximum atomic E-state index is 13.8. The van der Waals surface area contributed by atoms with Gasteiger partial charge >= 0.3 is 0 Å². The second-order valence-corrected chi connectivity index (χ2v) is 5.66. The molecule has 0 spiro atoms. The number of nitrogens with zero attached hydrogens (tertiary/aromatic N) is 1. The molecule has 0 saturated heterocycles. The summed E-state index contributed by atoms with van der Waals surface area (Å²) in [5, 5.41) is 3.34. The number of benzene rings is 1. The van der Waals surface area contributed by atoms with Crippen LogP contribution >= 0.6 is 0 Å². The third-order valence-electron chi connectivity index (χ3n) is 3.40. The normalized spacial score (nSPS) is 11.1. The number of rotatable bonds is 6. The molecule has 3 nitrogen and oxygen atoms in total. The van der Waals surface area contributed by atoms with Crippen molar-refractivity contribution in [3.63, 3.8) is 0 Å². The van der Waals surface area contributed by atoms with Crippen molar-refractivity contribution in [2.45, 2.75) is 39.9 Å². The number of hydrogen-bond acceptors (Lipinski definition) is 3. The zero-order valence-electron chi connectivity index (χ0n) is 13.1. The van der Waals surface area contributed by atoms with Crippen LogP contribution in [0.1, 0.15) is 30.9 Å². The van der Waals surface area contributed by atoms with Crippen LogP contribution in [0, 0.1) is 12.7 Å². The number of furan rings is 1. The lowest BCUT2D eigenvalue weighted by molar-refractivity contribution is 0.432. The summed E-state index contributed by atoms with van der Waals surface area (Å²) < 4.78 is 19.6. The van der Waals surface area contributed by atoms with E-state index >= 15 is 0 Å². The second-order valence-electron chi connectivity index (χ2n) is 5.66. The molecule has 0 fully saturated rings. The molecule has 0 aliphatic heterocycles. The summed E-state index contributed by atoms with van der Waals surface area (Å²) in [4.78, 5) is 1.85. The Morgan fingerprint density at radius 3 is 2.67 bits per heavy atom. The molecule has 0 aliphatic carbocycles. The number of halogens is 1. The minimum atomic E-state index is -0.218. The molecule has 0 aliphatic rings. The molecular weight excluding hydrogens is 267 g/mol. The van der Waals surface area contributed by atoms with E-state index in [0.717, 1.165) is 17.1 Å². The predicted molar refractivity (Wildman–Crippen MR) is 83.9 cm³/mol. The van der Waals surface area contributed by atoms with Gasteiger partial charge in [-0.1, -0.05) is 26.0 Å². The van der Waals surface area contributed by atoms with Crippen LogP contribution in [0.25, 0.3) is 0 Å². The Morgan fingerprint density at radius 2 is 2.00 bits per heavy atom. The van der Waals surface area contributed by atoms with Crippen molar-refractivity contribution in [2.75, 3.05) is 11.9 Å². The summed E-state index contributed by atoms with van der Waals surface area (Å²) >= 11 is 0. The quantitative estimate of drug-likeness (QED) is 0.875. The van der Waals surface area contributed by atoms with Crippen LogP contribution < -0.4 is 10.2 Å². The standard InChI is InChI=1S/C17H23FN2O/c1-12(2)19-10-17-13(3)9-14(21-17)11-20(4)16-8-6-5-7-15(16)18/h5-9,12,19H,10-11H2,1-4H3. The SMILES string of the molecule is Cc1cc(CN(C)c2ccccc2F)oc1CNC(C)C. The number of aryl methyl sites for hydroxylation is 1. The van der Waals surface area contributed by atoms with Gasteiger partial charge in [0.05, 0.1) is 18.8 Å². The van der Waals surface area contributed by atoms with E-state index in [9.17, 15) is 4.39 Å². The lowest BCUT2D eigenvalue weighted by Crippen LogP contribution is -2.21. The Balaban J connectivity index is 2.06. The van der Waals surface area contributed by atoms with E-state index in [4.69, 9.17) is 4.42 Å². The van der Waals surface area contributed by atoms with Gasteiger partial charge in [0, 0.05) is 13.1 Å². The molecule has 21 heavy (non-hydrogen) atoms. The molecule has 1 N–H and O–H groups in total.